The Kier molecular flexibility index (Phi) is 5.47. The fraction of sp³-hybridized carbons (Fsp3) is 0.667. The summed E-state index contributed by atoms with van der Waals surface area (Å²) in [6.45, 7) is 6.45. The van der Waals surface area contributed by atoms with Crippen molar-refractivity contribution in [3.05, 3.63) is 18.3 Å². The smallest absolute Gasteiger partial charge is 0.244 e. The Morgan fingerprint density at radius 3 is 2.52 bits per heavy atom. The fourth-order valence-corrected chi connectivity index (χ4v) is 4.34. The van der Waals surface area contributed by atoms with Crippen molar-refractivity contribution in [3.63, 3.8) is 0 Å². The van der Waals surface area contributed by atoms with Gasteiger partial charge in [0.2, 0.25) is 10.0 Å². The third kappa shape index (κ3) is 4.20. The van der Waals surface area contributed by atoms with Crippen molar-refractivity contribution in [2.45, 2.75) is 17.7 Å². The number of hydrogen-bond acceptors (Lipinski definition) is 6. The van der Waals surface area contributed by atoms with Gasteiger partial charge in [-0.3, -0.25) is 4.90 Å². The Balaban J connectivity index is 1.52. The summed E-state index contributed by atoms with van der Waals surface area (Å²) in [6.07, 6.45) is 3.33. The second-order valence-corrected chi connectivity index (χ2v) is 7.81. The van der Waals surface area contributed by atoms with Crippen molar-refractivity contribution in [1.82, 2.24) is 14.2 Å². The number of nitrogens with zero attached hydrogens (tertiary/aromatic N) is 3. The first-order valence-electron chi connectivity index (χ1n) is 8.16. The molecular weight excluding hydrogens is 316 g/mol. The van der Waals surface area contributed by atoms with Crippen molar-refractivity contribution in [3.8, 4) is 0 Å². The summed E-state index contributed by atoms with van der Waals surface area (Å²) in [5.41, 5.74) is 0. The number of morpholine rings is 1. The second kappa shape index (κ2) is 7.57. The lowest BCUT2D eigenvalue weighted by atomic mass is 10.4. The highest BCUT2D eigenvalue weighted by Crippen LogP contribution is 2.20. The highest BCUT2D eigenvalue weighted by Gasteiger charge is 2.27. The fourth-order valence-electron chi connectivity index (χ4n) is 2.88. The lowest BCUT2D eigenvalue weighted by Gasteiger charge is -2.26. The monoisotopic (exact) mass is 340 g/mol. The molecule has 1 N–H and O–H groups in total. The molecule has 0 aromatic carbocycles. The van der Waals surface area contributed by atoms with Crippen LogP contribution in [0.15, 0.2) is 23.2 Å². The predicted molar refractivity (Wildman–Crippen MR) is 88.0 cm³/mol. The first-order chi connectivity index (χ1) is 11.2. The quantitative estimate of drug-likeness (QED) is 0.818. The molecule has 1 aromatic rings. The minimum Gasteiger partial charge on any atom is -0.379 e. The van der Waals surface area contributed by atoms with E-state index in [4.69, 9.17) is 4.74 Å². The molecule has 0 atom stereocenters. The average Bonchev–Trinajstić information content (AvgIpc) is 3.12. The van der Waals surface area contributed by atoms with Gasteiger partial charge in [0.1, 0.15) is 10.7 Å². The molecule has 3 heterocycles. The maximum atomic E-state index is 12.4. The van der Waals surface area contributed by atoms with Gasteiger partial charge in [-0.1, -0.05) is 0 Å². The van der Waals surface area contributed by atoms with Gasteiger partial charge in [0.15, 0.2) is 0 Å². The summed E-state index contributed by atoms with van der Waals surface area (Å²) in [7, 11) is -3.37. The van der Waals surface area contributed by atoms with Gasteiger partial charge in [-0.05, 0) is 25.0 Å². The number of anilines is 1. The van der Waals surface area contributed by atoms with E-state index in [2.05, 4.69) is 15.2 Å². The summed E-state index contributed by atoms with van der Waals surface area (Å²) in [4.78, 5) is 6.85. The van der Waals surface area contributed by atoms with Gasteiger partial charge in [0.25, 0.3) is 0 Å². The molecule has 0 spiro atoms. The van der Waals surface area contributed by atoms with E-state index in [1.807, 2.05) is 0 Å². The molecule has 0 bridgehead atoms. The summed E-state index contributed by atoms with van der Waals surface area (Å²) >= 11 is 0. The molecule has 2 fully saturated rings. The predicted octanol–water partition coefficient (Wildman–Crippen LogP) is 0.610. The number of hydrogen-bond donors (Lipinski definition) is 1. The number of rotatable bonds is 6. The molecule has 3 rings (SSSR count). The largest absolute Gasteiger partial charge is 0.379 e. The van der Waals surface area contributed by atoms with Gasteiger partial charge < -0.3 is 10.1 Å². The maximum absolute atomic E-state index is 12.4. The van der Waals surface area contributed by atoms with Gasteiger partial charge in [-0.2, -0.15) is 4.31 Å². The molecule has 0 radical (unpaired) electrons. The van der Waals surface area contributed by atoms with E-state index in [1.54, 1.807) is 12.1 Å². The van der Waals surface area contributed by atoms with Crippen LogP contribution in [-0.2, 0) is 14.8 Å². The summed E-state index contributed by atoms with van der Waals surface area (Å²) in [5.74, 6) is 0.707. The standard InChI is InChI=1S/C15H24N4O3S/c20-23(21,19-6-1-2-7-19)14-3-4-15(17-13-14)16-5-8-18-9-11-22-12-10-18/h3-4,13H,1-2,5-12H2,(H,16,17). The molecule has 0 aliphatic carbocycles. The number of pyridine rings is 1. The molecule has 8 heteroatoms. The van der Waals surface area contributed by atoms with Crippen LogP contribution in [0.2, 0.25) is 0 Å². The lowest BCUT2D eigenvalue weighted by molar-refractivity contribution is 0.0398. The van der Waals surface area contributed by atoms with E-state index >= 15 is 0 Å². The zero-order chi connectivity index (χ0) is 16.1. The van der Waals surface area contributed by atoms with Crippen LogP contribution in [0.1, 0.15) is 12.8 Å². The second-order valence-electron chi connectivity index (χ2n) is 5.87. The first kappa shape index (κ1) is 16.6. The SMILES string of the molecule is O=S(=O)(c1ccc(NCCN2CCOCC2)nc1)N1CCCC1. The van der Waals surface area contributed by atoms with E-state index < -0.39 is 10.0 Å². The van der Waals surface area contributed by atoms with Crippen LogP contribution in [-0.4, -0.2) is 75.1 Å². The number of ether oxygens (including phenoxy) is 1. The highest BCUT2D eigenvalue weighted by atomic mass is 32.2. The van der Waals surface area contributed by atoms with Gasteiger partial charge in [-0.15, -0.1) is 0 Å². The highest BCUT2D eigenvalue weighted by molar-refractivity contribution is 7.89. The number of sulfonamides is 1. The van der Waals surface area contributed by atoms with E-state index in [9.17, 15) is 8.42 Å². The Labute approximate surface area is 137 Å². The van der Waals surface area contributed by atoms with Gasteiger partial charge in [0, 0.05) is 45.5 Å². The lowest BCUT2D eigenvalue weighted by Crippen LogP contribution is -2.39. The Morgan fingerprint density at radius 1 is 1.13 bits per heavy atom. The average molecular weight is 340 g/mol. The topological polar surface area (TPSA) is 74.8 Å². The summed E-state index contributed by atoms with van der Waals surface area (Å²) in [5, 5.41) is 3.24. The number of nitrogens with one attached hydrogen (secondary N) is 1. The van der Waals surface area contributed by atoms with Crippen molar-refractivity contribution >= 4 is 15.8 Å². The molecule has 2 aliphatic heterocycles. The molecule has 7 nitrogen and oxygen atoms in total. The van der Waals surface area contributed by atoms with Crippen LogP contribution in [0.25, 0.3) is 0 Å². The van der Waals surface area contributed by atoms with Crippen LogP contribution < -0.4 is 5.32 Å². The molecule has 0 saturated carbocycles. The van der Waals surface area contributed by atoms with Crippen molar-refractivity contribution in [2.75, 3.05) is 57.8 Å². The summed E-state index contributed by atoms with van der Waals surface area (Å²) < 4.78 is 31.7. The van der Waals surface area contributed by atoms with Crippen LogP contribution in [0.3, 0.4) is 0 Å². The molecule has 0 amide bonds. The molecule has 2 saturated heterocycles. The zero-order valence-corrected chi connectivity index (χ0v) is 14.1. The van der Waals surface area contributed by atoms with E-state index in [-0.39, 0.29) is 4.90 Å². The normalized spacial score (nSPS) is 20.7. The molecule has 2 aliphatic rings. The minimum atomic E-state index is -3.37. The van der Waals surface area contributed by atoms with Gasteiger partial charge in [-0.25, -0.2) is 13.4 Å². The third-order valence-electron chi connectivity index (χ3n) is 4.28. The van der Waals surface area contributed by atoms with Crippen LogP contribution in [0.4, 0.5) is 5.82 Å². The minimum absolute atomic E-state index is 0.276. The molecule has 0 unspecified atom stereocenters. The first-order valence-corrected chi connectivity index (χ1v) is 9.60. The van der Waals surface area contributed by atoms with Gasteiger partial charge in [0.05, 0.1) is 13.2 Å². The Hall–Kier alpha value is -1.22. The molecule has 23 heavy (non-hydrogen) atoms. The van der Waals surface area contributed by atoms with Crippen LogP contribution in [0, 0.1) is 0 Å². The Morgan fingerprint density at radius 2 is 1.87 bits per heavy atom. The van der Waals surface area contributed by atoms with E-state index in [0.717, 1.165) is 52.2 Å². The van der Waals surface area contributed by atoms with Crippen molar-refractivity contribution in [2.24, 2.45) is 0 Å². The Bertz CT molecular complexity index is 594. The summed E-state index contributed by atoms with van der Waals surface area (Å²) in [6, 6.07) is 3.37. The molecular formula is C15H24N4O3S. The molecule has 128 valence electrons. The van der Waals surface area contributed by atoms with Crippen molar-refractivity contribution in [1.29, 1.82) is 0 Å². The van der Waals surface area contributed by atoms with Crippen LogP contribution >= 0.6 is 0 Å². The number of aromatic nitrogens is 1. The maximum Gasteiger partial charge on any atom is 0.244 e. The zero-order valence-electron chi connectivity index (χ0n) is 13.3. The molecule has 1 aromatic heterocycles. The third-order valence-corrected chi connectivity index (χ3v) is 6.16. The van der Waals surface area contributed by atoms with Crippen molar-refractivity contribution < 1.29 is 13.2 Å². The van der Waals surface area contributed by atoms with E-state index in [1.165, 1.54) is 10.5 Å². The van der Waals surface area contributed by atoms with Crippen LogP contribution in [0.5, 0.6) is 0 Å². The van der Waals surface area contributed by atoms with Gasteiger partial charge >= 0.3 is 0 Å². The van der Waals surface area contributed by atoms with E-state index in [0.29, 0.717) is 18.9 Å².